The van der Waals surface area contributed by atoms with Crippen molar-refractivity contribution in [2.24, 2.45) is 0 Å². The lowest BCUT2D eigenvalue weighted by Gasteiger charge is -2.22. The molecule has 0 aliphatic carbocycles. The molecule has 0 bridgehead atoms. The molecule has 1 aliphatic rings. The highest BCUT2D eigenvalue weighted by molar-refractivity contribution is 5.36. The van der Waals surface area contributed by atoms with E-state index in [1.165, 1.54) is 0 Å². The molecular weight excluding hydrogens is 256 g/mol. The molecule has 0 aromatic heterocycles. The van der Waals surface area contributed by atoms with Gasteiger partial charge < -0.3 is 14.6 Å². The molecule has 1 fully saturated rings. The highest BCUT2D eigenvalue weighted by Crippen LogP contribution is 2.19. The van der Waals surface area contributed by atoms with E-state index in [2.05, 4.69) is 11.0 Å². The molecule has 1 heterocycles. The molecule has 1 saturated heterocycles. The molecule has 2 rings (SSSR count). The topological polar surface area (TPSA) is 65.7 Å². The highest BCUT2D eigenvalue weighted by Gasteiger charge is 2.31. The van der Waals surface area contributed by atoms with E-state index < -0.39 is 0 Å². The number of rotatable bonds is 6. The number of hydrogen-bond donors (Lipinski definition) is 1. The smallest absolute Gasteiger partial charge is 0.120 e. The van der Waals surface area contributed by atoms with E-state index in [0.29, 0.717) is 17.9 Å². The van der Waals surface area contributed by atoms with Gasteiger partial charge in [-0.25, -0.2) is 0 Å². The number of hydrogen-bond acceptors (Lipinski definition) is 5. The van der Waals surface area contributed by atoms with Crippen LogP contribution >= 0.6 is 0 Å². The third kappa shape index (κ3) is 3.70. The fourth-order valence-corrected chi connectivity index (χ4v) is 2.51. The van der Waals surface area contributed by atoms with Crippen molar-refractivity contribution in [2.45, 2.75) is 18.6 Å². The van der Waals surface area contributed by atoms with Crippen LogP contribution in [0.4, 0.5) is 0 Å². The van der Waals surface area contributed by atoms with Crippen molar-refractivity contribution >= 4 is 0 Å². The molecule has 0 spiro atoms. The van der Waals surface area contributed by atoms with Gasteiger partial charge in [0.1, 0.15) is 12.4 Å². The predicted molar refractivity (Wildman–Crippen MR) is 74.5 cm³/mol. The van der Waals surface area contributed by atoms with Gasteiger partial charge in [0, 0.05) is 26.2 Å². The second-order valence-electron chi connectivity index (χ2n) is 4.91. The fourth-order valence-electron chi connectivity index (χ4n) is 2.51. The lowest BCUT2D eigenvalue weighted by atomic mass is 10.2. The van der Waals surface area contributed by atoms with Crippen molar-refractivity contribution in [1.82, 2.24) is 4.90 Å². The molecule has 108 valence electrons. The molecule has 1 aliphatic heterocycles. The van der Waals surface area contributed by atoms with Gasteiger partial charge >= 0.3 is 0 Å². The highest BCUT2D eigenvalue weighted by atomic mass is 16.5. The van der Waals surface area contributed by atoms with Crippen LogP contribution in [0, 0.1) is 11.3 Å². The minimum atomic E-state index is 0.143. The molecule has 1 aromatic rings. The average Bonchev–Trinajstić information content (AvgIpc) is 2.90. The third-order valence-corrected chi connectivity index (χ3v) is 3.64. The van der Waals surface area contributed by atoms with Gasteiger partial charge in [-0.15, -0.1) is 0 Å². The number of aliphatic hydroxyl groups excluding tert-OH is 1. The van der Waals surface area contributed by atoms with Crippen LogP contribution in [0.2, 0.25) is 0 Å². The summed E-state index contributed by atoms with van der Waals surface area (Å²) in [6.07, 6.45) is 1.05. The Morgan fingerprint density at radius 1 is 1.50 bits per heavy atom. The Kier molecular flexibility index (Phi) is 5.36. The maximum Gasteiger partial charge on any atom is 0.120 e. The molecule has 0 radical (unpaired) electrons. The van der Waals surface area contributed by atoms with Crippen molar-refractivity contribution in [1.29, 1.82) is 5.26 Å². The monoisotopic (exact) mass is 276 g/mol. The molecule has 5 heteroatoms. The molecule has 0 amide bonds. The molecular formula is C15H20N2O3. The zero-order chi connectivity index (χ0) is 14.4. The average molecular weight is 276 g/mol. The van der Waals surface area contributed by atoms with Crippen molar-refractivity contribution in [3.8, 4) is 11.8 Å². The van der Waals surface area contributed by atoms with E-state index in [0.717, 1.165) is 19.5 Å². The largest absolute Gasteiger partial charge is 0.492 e. The Balaban J connectivity index is 1.82. The summed E-state index contributed by atoms with van der Waals surface area (Å²) in [5.41, 5.74) is 0.594. The number of ether oxygens (including phenoxy) is 2. The predicted octanol–water partition coefficient (Wildman–Crippen LogP) is 1.02. The lowest BCUT2D eigenvalue weighted by Crippen LogP contribution is -2.35. The zero-order valence-corrected chi connectivity index (χ0v) is 11.7. The molecule has 1 aromatic carbocycles. The van der Waals surface area contributed by atoms with Crippen molar-refractivity contribution < 1.29 is 14.6 Å². The minimum absolute atomic E-state index is 0.143. The normalized spacial score (nSPS) is 22.6. The van der Waals surface area contributed by atoms with Gasteiger partial charge in [0.05, 0.1) is 24.3 Å². The maximum atomic E-state index is 9.36. The summed E-state index contributed by atoms with van der Waals surface area (Å²) >= 11 is 0. The number of benzene rings is 1. The number of aliphatic hydroxyl groups is 1. The van der Waals surface area contributed by atoms with E-state index in [4.69, 9.17) is 14.7 Å². The number of nitriles is 1. The fraction of sp³-hybridized carbons (Fsp3) is 0.533. The van der Waals surface area contributed by atoms with Crippen molar-refractivity contribution in [2.75, 3.05) is 33.4 Å². The van der Waals surface area contributed by atoms with Gasteiger partial charge in [-0.1, -0.05) is 6.07 Å². The standard InChI is InChI=1S/C15H20N2O3/c1-19-15-8-13(11-18)17(10-15)5-6-20-14-4-2-3-12(7-14)9-16/h2-4,7,13,15,18H,5-6,8,10-11H2,1H3/t13-,15-/m0/s1. The summed E-state index contributed by atoms with van der Waals surface area (Å²) in [4.78, 5) is 2.18. The number of methoxy groups -OCH3 is 1. The van der Waals surface area contributed by atoms with Crippen LogP contribution in [0.15, 0.2) is 24.3 Å². The van der Waals surface area contributed by atoms with Gasteiger partial charge in [-0.3, -0.25) is 4.90 Å². The number of likely N-dealkylation sites (tertiary alicyclic amines) is 1. The van der Waals surface area contributed by atoms with Gasteiger partial charge in [-0.2, -0.15) is 5.26 Å². The molecule has 1 N–H and O–H groups in total. The molecule has 2 atom stereocenters. The van der Waals surface area contributed by atoms with Crippen LogP contribution in [0.3, 0.4) is 0 Å². The van der Waals surface area contributed by atoms with Gasteiger partial charge in [0.25, 0.3) is 0 Å². The van der Waals surface area contributed by atoms with E-state index in [1.807, 2.05) is 6.07 Å². The molecule has 5 nitrogen and oxygen atoms in total. The van der Waals surface area contributed by atoms with Crippen LogP contribution in [-0.2, 0) is 4.74 Å². The first-order valence-electron chi connectivity index (χ1n) is 6.77. The Morgan fingerprint density at radius 3 is 3.05 bits per heavy atom. The van der Waals surface area contributed by atoms with Gasteiger partial charge in [0.15, 0.2) is 0 Å². The summed E-state index contributed by atoms with van der Waals surface area (Å²) in [7, 11) is 1.70. The van der Waals surface area contributed by atoms with Crippen LogP contribution in [0.1, 0.15) is 12.0 Å². The summed E-state index contributed by atoms with van der Waals surface area (Å²) in [5, 5.41) is 18.2. The van der Waals surface area contributed by atoms with Crippen LogP contribution in [0.25, 0.3) is 0 Å². The summed E-state index contributed by atoms with van der Waals surface area (Å²) < 4.78 is 11.0. The first-order chi connectivity index (χ1) is 9.76. The van der Waals surface area contributed by atoms with E-state index in [9.17, 15) is 5.11 Å². The summed E-state index contributed by atoms with van der Waals surface area (Å²) in [6.45, 7) is 2.23. The summed E-state index contributed by atoms with van der Waals surface area (Å²) in [6, 6.07) is 9.36. The Labute approximate surface area is 119 Å². The lowest BCUT2D eigenvalue weighted by molar-refractivity contribution is 0.105. The Bertz CT molecular complexity index is 472. The molecule has 20 heavy (non-hydrogen) atoms. The molecule has 0 unspecified atom stereocenters. The van der Waals surface area contributed by atoms with E-state index in [-0.39, 0.29) is 18.8 Å². The van der Waals surface area contributed by atoms with Crippen LogP contribution in [0.5, 0.6) is 5.75 Å². The summed E-state index contributed by atoms with van der Waals surface area (Å²) in [5.74, 6) is 0.701. The SMILES string of the molecule is CO[C@H]1C[C@@H](CO)N(CCOc2cccc(C#N)c2)C1. The van der Waals surface area contributed by atoms with Crippen molar-refractivity contribution in [3.05, 3.63) is 29.8 Å². The zero-order valence-electron chi connectivity index (χ0n) is 11.7. The quantitative estimate of drug-likeness (QED) is 0.840. The van der Waals surface area contributed by atoms with E-state index in [1.54, 1.807) is 25.3 Å². The van der Waals surface area contributed by atoms with E-state index >= 15 is 0 Å². The van der Waals surface area contributed by atoms with Crippen LogP contribution < -0.4 is 4.74 Å². The maximum absolute atomic E-state index is 9.36. The Hall–Kier alpha value is -1.61. The first kappa shape index (κ1) is 14.8. The first-order valence-corrected chi connectivity index (χ1v) is 6.77. The number of nitrogens with zero attached hydrogens (tertiary/aromatic N) is 2. The molecule has 0 saturated carbocycles. The second-order valence-corrected chi connectivity index (χ2v) is 4.91. The van der Waals surface area contributed by atoms with Gasteiger partial charge in [0.2, 0.25) is 0 Å². The third-order valence-electron chi connectivity index (χ3n) is 3.64. The second kappa shape index (κ2) is 7.25. The minimum Gasteiger partial charge on any atom is -0.492 e. The van der Waals surface area contributed by atoms with Crippen molar-refractivity contribution in [3.63, 3.8) is 0 Å². The Morgan fingerprint density at radius 2 is 2.35 bits per heavy atom. The van der Waals surface area contributed by atoms with Gasteiger partial charge in [-0.05, 0) is 24.6 Å². The van der Waals surface area contributed by atoms with Crippen LogP contribution in [-0.4, -0.2) is 55.6 Å².